The van der Waals surface area contributed by atoms with Crippen LogP contribution in [0.5, 0.6) is 0 Å². The van der Waals surface area contributed by atoms with E-state index in [1.165, 1.54) is 0 Å². The molecule has 1 atom stereocenters. The molecule has 94 valence electrons. The van der Waals surface area contributed by atoms with E-state index in [1.54, 1.807) is 18.4 Å². The number of rotatable bonds is 3. The zero-order valence-electron chi connectivity index (χ0n) is 9.61. The zero-order chi connectivity index (χ0) is 13.1. The van der Waals surface area contributed by atoms with Gasteiger partial charge in [0.2, 0.25) is 0 Å². The molecule has 18 heavy (non-hydrogen) atoms. The van der Waals surface area contributed by atoms with Gasteiger partial charge in [-0.3, -0.25) is 4.79 Å². The molecule has 0 saturated carbocycles. The summed E-state index contributed by atoms with van der Waals surface area (Å²) in [5.74, 6) is 0.592. The number of hydrogen-bond donors (Lipinski definition) is 1. The van der Waals surface area contributed by atoms with Crippen molar-refractivity contribution in [2.75, 3.05) is 0 Å². The molecule has 0 saturated heterocycles. The number of hydrogen-bond acceptors (Lipinski definition) is 2. The van der Waals surface area contributed by atoms with Gasteiger partial charge in [0.05, 0.1) is 17.9 Å². The summed E-state index contributed by atoms with van der Waals surface area (Å²) in [6.45, 7) is 1.88. The van der Waals surface area contributed by atoms with Crippen LogP contribution in [-0.4, -0.2) is 5.91 Å². The predicted molar refractivity (Wildman–Crippen MR) is 76.4 cm³/mol. The Balaban J connectivity index is 2.12. The summed E-state index contributed by atoms with van der Waals surface area (Å²) in [5, 5.41) is 2.88. The van der Waals surface area contributed by atoms with E-state index in [2.05, 4.69) is 37.2 Å². The molecule has 1 N–H and O–H groups in total. The Kier molecular flexibility index (Phi) is 4.24. The minimum atomic E-state index is -0.164. The van der Waals surface area contributed by atoms with Crippen molar-refractivity contribution in [1.82, 2.24) is 5.32 Å². The van der Waals surface area contributed by atoms with E-state index in [1.807, 2.05) is 25.1 Å². The topological polar surface area (TPSA) is 42.2 Å². The molecular formula is C13H11Br2NO2. The molecule has 0 spiro atoms. The highest BCUT2D eigenvalue weighted by atomic mass is 79.9. The standard InChI is InChI=1S/C13H11Br2NO2/c1-8(12-3-2-6-18-12)16-13(17)10-5-4-9(14)7-11(10)15/h2-8H,1H3,(H,16,17). The molecule has 0 bridgehead atoms. The maximum Gasteiger partial charge on any atom is 0.253 e. The third-order valence-electron chi connectivity index (χ3n) is 2.49. The van der Waals surface area contributed by atoms with Crippen LogP contribution in [-0.2, 0) is 0 Å². The van der Waals surface area contributed by atoms with Crippen molar-refractivity contribution >= 4 is 37.8 Å². The van der Waals surface area contributed by atoms with E-state index >= 15 is 0 Å². The summed E-state index contributed by atoms with van der Waals surface area (Å²) < 4.78 is 6.92. The molecule has 3 nitrogen and oxygen atoms in total. The van der Waals surface area contributed by atoms with Crippen molar-refractivity contribution in [2.45, 2.75) is 13.0 Å². The Morgan fingerprint density at radius 1 is 1.33 bits per heavy atom. The molecule has 0 aliphatic rings. The fraction of sp³-hybridized carbons (Fsp3) is 0.154. The average Bonchev–Trinajstić information content (AvgIpc) is 2.81. The van der Waals surface area contributed by atoms with E-state index in [-0.39, 0.29) is 11.9 Å². The van der Waals surface area contributed by atoms with Gasteiger partial charge in [0.1, 0.15) is 5.76 Å². The van der Waals surface area contributed by atoms with Gasteiger partial charge in [-0.25, -0.2) is 0 Å². The molecule has 1 amide bonds. The van der Waals surface area contributed by atoms with Crippen LogP contribution < -0.4 is 5.32 Å². The lowest BCUT2D eigenvalue weighted by atomic mass is 10.2. The first-order chi connectivity index (χ1) is 8.58. The van der Waals surface area contributed by atoms with Crippen LogP contribution in [0, 0.1) is 0 Å². The van der Waals surface area contributed by atoms with Gasteiger partial charge in [-0.05, 0) is 53.2 Å². The number of furan rings is 1. The molecule has 1 aromatic carbocycles. The summed E-state index contributed by atoms with van der Waals surface area (Å²) in [6, 6.07) is 8.90. The van der Waals surface area contributed by atoms with Gasteiger partial charge >= 0.3 is 0 Å². The Bertz CT molecular complexity index is 552. The van der Waals surface area contributed by atoms with Crippen LogP contribution in [0.4, 0.5) is 0 Å². The van der Waals surface area contributed by atoms with Gasteiger partial charge in [0.25, 0.3) is 5.91 Å². The van der Waals surface area contributed by atoms with E-state index in [9.17, 15) is 4.79 Å². The SMILES string of the molecule is CC(NC(=O)c1ccc(Br)cc1Br)c1ccco1. The van der Waals surface area contributed by atoms with Crippen LogP contribution in [0.1, 0.15) is 29.1 Å². The molecular weight excluding hydrogens is 362 g/mol. The van der Waals surface area contributed by atoms with Crippen molar-refractivity contribution in [3.05, 3.63) is 56.9 Å². The van der Waals surface area contributed by atoms with Gasteiger partial charge in [-0.1, -0.05) is 15.9 Å². The van der Waals surface area contributed by atoms with E-state index in [0.717, 1.165) is 14.7 Å². The minimum absolute atomic E-state index is 0.140. The lowest BCUT2D eigenvalue weighted by Crippen LogP contribution is -2.26. The number of carbonyl (C=O) groups is 1. The second kappa shape index (κ2) is 5.71. The fourth-order valence-corrected chi connectivity index (χ4v) is 2.78. The first-order valence-electron chi connectivity index (χ1n) is 5.37. The molecule has 2 rings (SSSR count). The summed E-state index contributed by atoms with van der Waals surface area (Å²) in [4.78, 5) is 12.1. The summed E-state index contributed by atoms with van der Waals surface area (Å²) in [5.41, 5.74) is 0.594. The van der Waals surface area contributed by atoms with Crippen LogP contribution >= 0.6 is 31.9 Å². The highest BCUT2D eigenvalue weighted by Gasteiger charge is 2.15. The van der Waals surface area contributed by atoms with E-state index < -0.39 is 0 Å². The normalized spacial score (nSPS) is 12.2. The number of carbonyl (C=O) groups excluding carboxylic acids is 1. The molecule has 5 heteroatoms. The Labute approximate surface area is 122 Å². The predicted octanol–water partition coefficient (Wildman–Crippen LogP) is 4.30. The molecule has 0 fully saturated rings. The largest absolute Gasteiger partial charge is 0.467 e. The molecule has 0 radical (unpaired) electrons. The van der Waals surface area contributed by atoms with Crippen LogP contribution in [0.15, 0.2) is 50.0 Å². The minimum Gasteiger partial charge on any atom is -0.467 e. The summed E-state index contributed by atoms with van der Waals surface area (Å²) in [6.07, 6.45) is 1.59. The van der Waals surface area contributed by atoms with E-state index in [0.29, 0.717) is 5.56 Å². The van der Waals surface area contributed by atoms with Crippen molar-refractivity contribution < 1.29 is 9.21 Å². The summed E-state index contributed by atoms with van der Waals surface area (Å²) >= 11 is 6.72. The van der Waals surface area contributed by atoms with Crippen LogP contribution in [0.3, 0.4) is 0 Å². The third kappa shape index (κ3) is 3.03. The third-order valence-corrected chi connectivity index (χ3v) is 3.64. The van der Waals surface area contributed by atoms with Gasteiger partial charge in [0, 0.05) is 8.95 Å². The highest BCUT2D eigenvalue weighted by Crippen LogP contribution is 2.22. The van der Waals surface area contributed by atoms with Crippen molar-refractivity contribution in [3.63, 3.8) is 0 Å². The summed E-state index contributed by atoms with van der Waals surface area (Å²) in [7, 11) is 0. The smallest absolute Gasteiger partial charge is 0.253 e. The van der Waals surface area contributed by atoms with Gasteiger partial charge in [0.15, 0.2) is 0 Å². The molecule has 1 unspecified atom stereocenters. The highest BCUT2D eigenvalue weighted by molar-refractivity contribution is 9.11. The maximum absolute atomic E-state index is 12.1. The van der Waals surface area contributed by atoms with Crippen LogP contribution in [0.25, 0.3) is 0 Å². The quantitative estimate of drug-likeness (QED) is 0.872. The zero-order valence-corrected chi connectivity index (χ0v) is 12.8. The van der Waals surface area contributed by atoms with Crippen LogP contribution in [0.2, 0.25) is 0 Å². The lowest BCUT2D eigenvalue weighted by molar-refractivity contribution is 0.0934. The molecule has 2 aromatic rings. The van der Waals surface area contributed by atoms with Gasteiger partial charge in [-0.15, -0.1) is 0 Å². The molecule has 0 aliphatic carbocycles. The Hall–Kier alpha value is -1.07. The monoisotopic (exact) mass is 371 g/mol. The second-order valence-electron chi connectivity index (χ2n) is 3.83. The van der Waals surface area contributed by atoms with Crippen molar-refractivity contribution in [2.24, 2.45) is 0 Å². The number of nitrogens with one attached hydrogen (secondary N) is 1. The lowest BCUT2D eigenvalue weighted by Gasteiger charge is -2.12. The number of benzene rings is 1. The Morgan fingerprint density at radius 2 is 2.11 bits per heavy atom. The first kappa shape index (κ1) is 13.4. The number of halogens is 2. The van der Waals surface area contributed by atoms with Crippen molar-refractivity contribution in [3.8, 4) is 0 Å². The average molecular weight is 373 g/mol. The molecule has 1 aromatic heterocycles. The molecule has 1 heterocycles. The van der Waals surface area contributed by atoms with Gasteiger partial charge < -0.3 is 9.73 Å². The van der Waals surface area contributed by atoms with Crippen molar-refractivity contribution in [1.29, 1.82) is 0 Å². The number of amides is 1. The maximum atomic E-state index is 12.1. The fourth-order valence-electron chi connectivity index (χ4n) is 1.56. The molecule has 0 aliphatic heterocycles. The first-order valence-corrected chi connectivity index (χ1v) is 6.96. The Morgan fingerprint density at radius 3 is 2.72 bits per heavy atom. The van der Waals surface area contributed by atoms with E-state index in [4.69, 9.17) is 4.42 Å². The second-order valence-corrected chi connectivity index (χ2v) is 5.60. The van der Waals surface area contributed by atoms with Gasteiger partial charge in [-0.2, -0.15) is 0 Å².